The Balaban J connectivity index is 1.60. The summed E-state index contributed by atoms with van der Waals surface area (Å²) < 4.78 is 5.89. The summed E-state index contributed by atoms with van der Waals surface area (Å²) in [5.41, 5.74) is 2.38. The zero-order valence-electron chi connectivity index (χ0n) is 13.5. The highest BCUT2D eigenvalue weighted by Crippen LogP contribution is 2.30. The monoisotopic (exact) mass is 363 g/mol. The van der Waals surface area contributed by atoms with Gasteiger partial charge in [0.1, 0.15) is 11.8 Å². The molecule has 7 nitrogen and oxygen atoms in total. The molecule has 4 rings (SSSR count). The molecule has 4 aromatic rings. The number of rotatable bonds is 5. The second kappa shape index (κ2) is 6.46. The summed E-state index contributed by atoms with van der Waals surface area (Å²) >= 11 is 1.30. The number of nitrogens with zero attached hydrogens (tertiary/aromatic N) is 3. The molecule has 26 heavy (non-hydrogen) atoms. The van der Waals surface area contributed by atoms with Gasteiger partial charge in [0, 0.05) is 22.7 Å². The van der Waals surface area contributed by atoms with Gasteiger partial charge in [-0.2, -0.15) is 5.26 Å². The van der Waals surface area contributed by atoms with Crippen LogP contribution in [0.15, 0.2) is 58.4 Å². The topological polar surface area (TPSA) is 115 Å². The number of furan rings is 1. The Labute approximate surface area is 152 Å². The van der Waals surface area contributed by atoms with E-state index < -0.39 is 0 Å². The third kappa shape index (κ3) is 2.96. The molecule has 0 bridgehead atoms. The molecule has 0 radical (unpaired) electrons. The SMILES string of the molecule is C=C(O)CSc1nnc(-c2ccc(-c3ccc4c(C#N)c[nH]c4c3)o2)[nH]1. The van der Waals surface area contributed by atoms with E-state index in [1.165, 1.54) is 11.8 Å². The average Bonchev–Trinajstić information content (AvgIpc) is 3.37. The number of thioether (sulfide) groups is 1. The van der Waals surface area contributed by atoms with Crippen LogP contribution in [0.25, 0.3) is 33.8 Å². The second-order valence-corrected chi connectivity index (χ2v) is 6.54. The Morgan fingerprint density at radius 1 is 1.27 bits per heavy atom. The summed E-state index contributed by atoms with van der Waals surface area (Å²) in [7, 11) is 0. The van der Waals surface area contributed by atoms with E-state index in [4.69, 9.17) is 14.8 Å². The van der Waals surface area contributed by atoms with Crippen LogP contribution in [0.2, 0.25) is 0 Å². The van der Waals surface area contributed by atoms with Gasteiger partial charge in [-0.15, -0.1) is 10.2 Å². The van der Waals surface area contributed by atoms with Crippen LogP contribution in [0.1, 0.15) is 5.56 Å². The highest BCUT2D eigenvalue weighted by atomic mass is 32.2. The van der Waals surface area contributed by atoms with Crippen molar-refractivity contribution in [1.82, 2.24) is 20.2 Å². The Bertz CT molecular complexity index is 1150. The molecule has 3 aromatic heterocycles. The molecule has 3 heterocycles. The van der Waals surface area contributed by atoms with Gasteiger partial charge in [-0.05, 0) is 18.2 Å². The summed E-state index contributed by atoms with van der Waals surface area (Å²) in [6.45, 7) is 3.43. The molecule has 1 aromatic carbocycles. The lowest BCUT2D eigenvalue weighted by molar-refractivity contribution is 0.420. The first kappa shape index (κ1) is 16.1. The number of hydrogen-bond acceptors (Lipinski definition) is 6. The molecule has 8 heteroatoms. The lowest BCUT2D eigenvalue weighted by Crippen LogP contribution is -1.83. The Kier molecular flexibility index (Phi) is 3.99. The van der Waals surface area contributed by atoms with Gasteiger partial charge in [0.25, 0.3) is 0 Å². The molecule has 0 spiro atoms. The number of benzene rings is 1. The van der Waals surface area contributed by atoms with Crippen molar-refractivity contribution in [3.63, 3.8) is 0 Å². The summed E-state index contributed by atoms with van der Waals surface area (Å²) in [6, 6.07) is 11.6. The van der Waals surface area contributed by atoms with E-state index >= 15 is 0 Å². The largest absolute Gasteiger partial charge is 0.512 e. The summed E-state index contributed by atoms with van der Waals surface area (Å²) in [5, 5.41) is 27.8. The molecule has 0 saturated carbocycles. The second-order valence-electron chi connectivity index (χ2n) is 5.57. The first-order valence-corrected chi connectivity index (χ1v) is 8.66. The van der Waals surface area contributed by atoms with Crippen LogP contribution in [-0.2, 0) is 0 Å². The zero-order valence-corrected chi connectivity index (χ0v) is 14.3. The maximum Gasteiger partial charge on any atom is 0.197 e. The number of aliphatic hydroxyl groups is 1. The van der Waals surface area contributed by atoms with E-state index in [2.05, 4.69) is 32.8 Å². The van der Waals surface area contributed by atoms with Crippen molar-refractivity contribution in [3.8, 4) is 29.0 Å². The molecule has 0 aliphatic rings. The minimum atomic E-state index is 0.0764. The molecule has 0 unspecified atom stereocenters. The molecule has 0 fully saturated rings. The summed E-state index contributed by atoms with van der Waals surface area (Å²) in [6.07, 6.45) is 1.69. The van der Waals surface area contributed by atoms with E-state index in [1.54, 1.807) is 6.20 Å². The molecular formula is C18H13N5O2S. The number of aromatic amines is 2. The maximum absolute atomic E-state index is 9.14. The van der Waals surface area contributed by atoms with E-state index in [9.17, 15) is 0 Å². The van der Waals surface area contributed by atoms with Gasteiger partial charge in [0.05, 0.1) is 17.1 Å². The molecule has 128 valence electrons. The molecule has 3 N–H and O–H groups in total. The zero-order chi connectivity index (χ0) is 18.1. The van der Waals surface area contributed by atoms with Gasteiger partial charge in [0.2, 0.25) is 0 Å². The predicted octanol–water partition coefficient (Wildman–Crippen LogP) is 4.25. The quantitative estimate of drug-likeness (QED) is 0.361. The molecular weight excluding hydrogens is 350 g/mol. The predicted molar refractivity (Wildman–Crippen MR) is 98.6 cm³/mol. The molecule has 0 atom stereocenters. The standard InChI is InChI=1S/C18H13N5O2S/c1-10(24)9-26-18-21-17(22-23-18)16-5-4-15(25-16)11-2-3-13-12(7-19)8-20-14(13)6-11/h2-6,8,20,24H,1,9H2,(H,21,22,23). The van der Waals surface area contributed by atoms with E-state index in [1.807, 2.05) is 30.3 Å². The van der Waals surface area contributed by atoms with Crippen LogP contribution in [0.3, 0.4) is 0 Å². The molecule has 0 aliphatic carbocycles. The van der Waals surface area contributed by atoms with Crippen molar-refractivity contribution in [2.75, 3.05) is 5.75 Å². The number of H-pyrrole nitrogens is 2. The smallest absolute Gasteiger partial charge is 0.197 e. The minimum absolute atomic E-state index is 0.0764. The van der Waals surface area contributed by atoms with E-state index in [-0.39, 0.29) is 5.76 Å². The van der Waals surface area contributed by atoms with Crippen molar-refractivity contribution >= 4 is 22.7 Å². The summed E-state index contributed by atoms with van der Waals surface area (Å²) in [5.74, 6) is 2.18. The van der Waals surface area contributed by atoms with Crippen molar-refractivity contribution in [1.29, 1.82) is 5.26 Å². The number of aliphatic hydroxyl groups excluding tert-OH is 1. The van der Waals surface area contributed by atoms with Crippen LogP contribution < -0.4 is 0 Å². The van der Waals surface area contributed by atoms with Gasteiger partial charge in [-0.3, -0.25) is 0 Å². The number of fused-ring (bicyclic) bond motifs is 1. The van der Waals surface area contributed by atoms with Crippen LogP contribution in [0.5, 0.6) is 0 Å². The van der Waals surface area contributed by atoms with Crippen molar-refractivity contribution in [3.05, 3.63) is 54.4 Å². The third-order valence-corrected chi connectivity index (χ3v) is 4.70. The van der Waals surface area contributed by atoms with Crippen LogP contribution in [-0.4, -0.2) is 31.0 Å². The Hall–Kier alpha value is -3.44. The van der Waals surface area contributed by atoms with Crippen molar-refractivity contribution < 1.29 is 9.52 Å². The number of aromatic nitrogens is 4. The Morgan fingerprint density at radius 2 is 2.12 bits per heavy atom. The lowest BCUT2D eigenvalue weighted by atomic mass is 10.1. The van der Waals surface area contributed by atoms with Gasteiger partial charge in [-0.25, -0.2) is 0 Å². The lowest BCUT2D eigenvalue weighted by Gasteiger charge is -1.98. The average molecular weight is 363 g/mol. The highest BCUT2D eigenvalue weighted by molar-refractivity contribution is 7.99. The van der Waals surface area contributed by atoms with Crippen LogP contribution in [0, 0.1) is 11.3 Å². The van der Waals surface area contributed by atoms with Crippen LogP contribution in [0.4, 0.5) is 0 Å². The van der Waals surface area contributed by atoms with Crippen molar-refractivity contribution in [2.45, 2.75) is 5.16 Å². The normalized spacial score (nSPS) is 10.9. The maximum atomic E-state index is 9.14. The number of hydrogen-bond donors (Lipinski definition) is 3. The number of nitriles is 1. The first-order chi connectivity index (χ1) is 12.6. The van der Waals surface area contributed by atoms with Gasteiger partial charge < -0.3 is 19.5 Å². The molecule has 0 amide bonds. The van der Waals surface area contributed by atoms with Crippen molar-refractivity contribution in [2.24, 2.45) is 0 Å². The highest BCUT2D eigenvalue weighted by Gasteiger charge is 2.13. The molecule has 0 saturated heterocycles. The van der Waals surface area contributed by atoms with Gasteiger partial charge in [0.15, 0.2) is 16.7 Å². The molecule has 0 aliphatic heterocycles. The first-order valence-electron chi connectivity index (χ1n) is 7.68. The van der Waals surface area contributed by atoms with Gasteiger partial charge in [-0.1, -0.05) is 30.5 Å². The summed E-state index contributed by atoms with van der Waals surface area (Å²) in [4.78, 5) is 6.13. The van der Waals surface area contributed by atoms with E-state index in [0.717, 1.165) is 16.5 Å². The Morgan fingerprint density at radius 3 is 2.92 bits per heavy atom. The fourth-order valence-electron chi connectivity index (χ4n) is 2.57. The minimum Gasteiger partial charge on any atom is -0.512 e. The fraction of sp³-hybridized carbons (Fsp3) is 0.0556. The number of nitrogens with one attached hydrogen (secondary N) is 2. The van der Waals surface area contributed by atoms with Crippen LogP contribution >= 0.6 is 11.8 Å². The third-order valence-electron chi connectivity index (χ3n) is 3.77. The fourth-order valence-corrected chi connectivity index (χ4v) is 3.14. The van der Waals surface area contributed by atoms with Gasteiger partial charge >= 0.3 is 0 Å². The van der Waals surface area contributed by atoms with E-state index in [0.29, 0.717) is 33.8 Å².